The van der Waals surface area contributed by atoms with Gasteiger partial charge in [0.15, 0.2) is 11.2 Å². The molecule has 0 radical (unpaired) electrons. The number of carbonyl (C=O) groups is 3. The van der Waals surface area contributed by atoms with E-state index in [1.165, 1.54) is 10.8 Å². The Morgan fingerprint density at radius 1 is 0.742 bits per heavy atom. The average molecular weight is 1320 g/mol. The number of likely N-dealkylation sites (N-methyl/N-ethyl adjacent to an activating group) is 1. The number of nitrogens with zero attached hydrogens (tertiary/aromatic N) is 11. The number of carbonyl (C=O) groups excluding carboxylic acids is 3. The van der Waals surface area contributed by atoms with Crippen LogP contribution in [-0.4, -0.2) is 187 Å². The Balaban J connectivity index is 0.533. The van der Waals surface area contributed by atoms with Gasteiger partial charge in [-0.05, 0) is 81.8 Å². The summed E-state index contributed by atoms with van der Waals surface area (Å²) in [6.45, 7) is 10.8. The van der Waals surface area contributed by atoms with Gasteiger partial charge < -0.3 is 58.1 Å². The topological polar surface area (TPSA) is 241 Å². The lowest BCUT2D eigenvalue weighted by atomic mass is 10.1. The van der Waals surface area contributed by atoms with Crippen molar-refractivity contribution in [1.29, 1.82) is 0 Å². The van der Waals surface area contributed by atoms with Crippen molar-refractivity contribution in [3.05, 3.63) is 133 Å². The third kappa shape index (κ3) is 17.6. The van der Waals surface area contributed by atoms with Gasteiger partial charge in [-0.1, -0.05) is 59.5 Å². The quantitative estimate of drug-likeness (QED) is 0.0321. The second-order valence-corrected chi connectivity index (χ2v) is 23.7. The van der Waals surface area contributed by atoms with Crippen molar-refractivity contribution in [2.75, 3.05) is 134 Å². The van der Waals surface area contributed by atoms with Crippen LogP contribution >= 0.6 is 23.2 Å². The van der Waals surface area contributed by atoms with Gasteiger partial charge in [0.2, 0.25) is 17.8 Å². The van der Waals surface area contributed by atoms with Crippen molar-refractivity contribution in [1.82, 2.24) is 43.9 Å². The molecule has 7 aromatic rings. The second kappa shape index (κ2) is 33.2. The van der Waals surface area contributed by atoms with Crippen LogP contribution in [-0.2, 0) is 64.6 Å². The summed E-state index contributed by atoms with van der Waals surface area (Å²) in [7, 11) is 3.32. The van der Waals surface area contributed by atoms with Crippen LogP contribution in [0.1, 0.15) is 72.9 Å². The smallest absolute Gasteiger partial charge is 0.332 e. The highest BCUT2D eigenvalue weighted by atomic mass is 35.5. The number of hydrogen-bond donors (Lipinski definition) is 1. The first kappa shape index (κ1) is 67.9. The number of pyridine rings is 1. The SMILES string of the molecule is CC#CCn1c(N2CCCC(NC(=O)CCOCCOCCOCCOCCOCCOCCN(C)C(=O)CCc3cc(Cl)c(Oc4ccncc4C(=O)N4CCN(C5CC5)c5ccccc54)cc3Cl)C2)nc2c1c(=O)n(Cc1nc(C)c3ccccc3n1)c(=O)n2C. The number of amides is 3. The van der Waals surface area contributed by atoms with E-state index in [-0.39, 0.29) is 73.2 Å². The fraction of sp³-hybridized carbons (Fsp3) is 0.478. The highest BCUT2D eigenvalue weighted by molar-refractivity contribution is 6.34. The Hall–Kier alpha value is -7.99. The minimum absolute atomic E-state index is 0.0757. The van der Waals surface area contributed by atoms with E-state index < -0.39 is 11.2 Å². The van der Waals surface area contributed by atoms with E-state index in [0.717, 1.165) is 64.8 Å². The average Bonchev–Trinajstić information content (AvgIpc) is 1.89. The molecule has 3 amide bonds. The van der Waals surface area contributed by atoms with Gasteiger partial charge in [-0.2, -0.15) is 4.98 Å². The minimum atomic E-state index is -0.533. The van der Waals surface area contributed by atoms with Crippen LogP contribution in [0.5, 0.6) is 11.5 Å². The summed E-state index contributed by atoms with van der Waals surface area (Å²) in [5.74, 6) is 6.99. The first-order chi connectivity index (χ1) is 45.3. The fourth-order valence-corrected chi connectivity index (χ4v) is 11.8. The molecule has 494 valence electrons. The first-order valence-corrected chi connectivity index (χ1v) is 32.4. The highest BCUT2D eigenvalue weighted by Crippen LogP contribution is 2.42. The molecular formula is C67H80Cl2N12O12. The van der Waals surface area contributed by atoms with Crippen molar-refractivity contribution < 1.29 is 47.5 Å². The molecule has 1 aliphatic carbocycles. The van der Waals surface area contributed by atoms with Gasteiger partial charge in [0.1, 0.15) is 22.9 Å². The highest BCUT2D eigenvalue weighted by Gasteiger charge is 2.37. The standard InChI is InChI=1S/C67H80Cl2N12O12/c1-5-6-25-80-62-63(76(4)67(86)81(65(62)85)45-59-71-46(2)50-13-7-8-14-54(50)73-59)74-66(80)77-24-11-12-48(44-77)72-60(82)22-29-87-31-33-89-35-37-91-39-40-92-38-36-90-34-32-88-30-28-75(3)61(83)20-17-47-41-53(69)58(42-52(47)68)93-57-21-23-70-43-51(57)64(84)79-27-26-78(49-18-19-49)55-15-9-10-16-56(55)79/h7-10,13-16,21,23,41-43,48-49H,11-12,17-20,22,24-40,44-45H2,1-4H3,(H,72,82). The molecule has 26 heteroatoms. The van der Waals surface area contributed by atoms with Crippen molar-refractivity contribution >= 4 is 80.3 Å². The molecule has 1 N–H and O–H groups in total. The normalized spacial score (nSPS) is 14.7. The number of fused-ring (bicyclic) bond motifs is 3. The van der Waals surface area contributed by atoms with Gasteiger partial charge in [-0.3, -0.25) is 37.9 Å². The third-order valence-electron chi connectivity index (χ3n) is 16.4. The number of piperidine rings is 1. The number of benzene rings is 3. The summed E-state index contributed by atoms with van der Waals surface area (Å²) in [4.78, 5) is 94.3. The van der Waals surface area contributed by atoms with Crippen LogP contribution in [0.3, 0.4) is 0 Å². The number of imidazole rings is 1. The maximum absolute atomic E-state index is 14.2. The molecular weight excluding hydrogens is 1240 g/mol. The Morgan fingerprint density at radius 3 is 2.13 bits per heavy atom. The molecule has 0 bridgehead atoms. The molecule has 1 saturated carbocycles. The number of halogens is 2. The molecule has 3 aliphatic rings. The molecule has 10 rings (SSSR count). The monoisotopic (exact) mass is 1310 g/mol. The van der Waals surface area contributed by atoms with E-state index in [1.807, 2.05) is 54.3 Å². The maximum atomic E-state index is 14.2. The van der Waals surface area contributed by atoms with Crippen molar-refractivity contribution in [2.45, 2.75) is 84.0 Å². The molecule has 6 heterocycles. The van der Waals surface area contributed by atoms with Gasteiger partial charge in [-0.15, -0.1) is 5.92 Å². The molecule has 3 aromatic carbocycles. The number of rotatable bonds is 33. The zero-order valence-electron chi connectivity index (χ0n) is 53.1. The van der Waals surface area contributed by atoms with E-state index in [9.17, 15) is 24.0 Å². The van der Waals surface area contributed by atoms with Crippen LogP contribution in [0.4, 0.5) is 17.3 Å². The second-order valence-electron chi connectivity index (χ2n) is 22.9. The number of aromatic nitrogens is 7. The third-order valence-corrected chi connectivity index (χ3v) is 17.0. The van der Waals surface area contributed by atoms with Crippen LogP contribution < -0.4 is 36.0 Å². The largest absolute Gasteiger partial charge is 0.455 e. The lowest BCUT2D eigenvalue weighted by molar-refractivity contribution is -0.130. The molecule has 93 heavy (non-hydrogen) atoms. The maximum Gasteiger partial charge on any atom is 0.332 e. The molecule has 1 saturated heterocycles. The molecule has 2 fully saturated rings. The van der Waals surface area contributed by atoms with Gasteiger partial charge in [0.05, 0.1) is 114 Å². The summed E-state index contributed by atoms with van der Waals surface area (Å²) in [6.07, 6.45) is 7.67. The van der Waals surface area contributed by atoms with Crippen LogP contribution in [0.25, 0.3) is 22.1 Å². The van der Waals surface area contributed by atoms with Gasteiger partial charge >= 0.3 is 5.69 Å². The number of hydrogen-bond acceptors (Lipinski definition) is 18. The summed E-state index contributed by atoms with van der Waals surface area (Å²) in [5.41, 5.74) is 3.84. The molecule has 0 spiro atoms. The number of anilines is 3. The predicted octanol–water partition coefficient (Wildman–Crippen LogP) is 7.01. The lowest BCUT2D eigenvalue weighted by Gasteiger charge is -2.38. The Kier molecular flexibility index (Phi) is 24.2. The van der Waals surface area contributed by atoms with Crippen molar-refractivity contribution in [3.8, 4) is 23.3 Å². The van der Waals surface area contributed by atoms with Crippen molar-refractivity contribution in [3.63, 3.8) is 0 Å². The predicted molar refractivity (Wildman–Crippen MR) is 354 cm³/mol. The minimum Gasteiger partial charge on any atom is -0.455 e. The van der Waals surface area contributed by atoms with Gasteiger partial charge in [0.25, 0.3) is 11.5 Å². The lowest BCUT2D eigenvalue weighted by Crippen LogP contribution is -2.48. The number of ether oxygens (including phenoxy) is 7. The summed E-state index contributed by atoms with van der Waals surface area (Å²) < 4.78 is 44.3. The van der Waals surface area contributed by atoms with Crippen LogP contribution in [0.2, 0.25) is 10.0 Å². The number of nitrogens with one attached hydrogen (secondary N) is 1. The molecule has 2 aliphatic heterocycles. The summed E-state index contributed by atoms with van der Waals surface area (Å²) >= 11 is 13.4. The summed E-state index contributed by atoms with van der Waals surface area (Å²) in [6, 6.07) is 20.9. The Bertz CT molecular complexity index is 3940. The molecule has 1 unspecified atom stereocenters. The van der Waals surface area contributed by atoms with Gasteiger partial charge in [0, 0.05) is 106 Å². The van der Waals surface area contributed by atoms with Crippen LogP contribution in [0, 0.1) is 18.8 Å². The summed E-state index contributed by atoms with van der Waals surface area (Å²) in [5, 5.41) is 4.71. The van der Waals surface area contributed by atoms with E-state index >= 15 is 0 Å². The number of aryl methyl sites for hydroxylation is 3. The van der Waals surface area contributed by atoms with E-state index in [4.69, 9.17) is 61.3 Å². The molecule has 4 aromatic heterocycles. The fourth-order valence-electron chi connectivity index (χ4n) is 11.4. The molecule has 1 atom stereocenters. The van der Waals surface area contributed by atoms with Gasteiger partial charge in [-0.25, -0.2) is 14.8 Å². The van der Waals surface area contributed by atoms with Crippen molar-refractivity contribution in [2.24, 2.45) is 7.05 Å². The Morgan fingerprint density at radius 2 is 1.42 bits per heavy atom. The first-order valence-electron chi connectivity index (χ1n) is 31.6. The number of para-hydroxylation sites is 3. The van der Waals surface area contributed by atoms with E-state index in [0.29, 0.717) is 150 Å². The Labute approximate surface area is 549 Å². The zero-order valence-corrected chi connectivity index (χ0v) is 54.6. The van der Waals surface area contributed by atoms with E-state index in [1.54, 1.807) is 59.8 Å². The zero-order chi connectivity index (χ0) is 65.2. The van der Waals surface area contributed by atoms with E-state index in [2.05, 4.69) is 43.1 Å². The molecule has 24 nitrogen and oxygen atoms in total. The van der Waals surface area contributed by atoms with Crippen LogP contribution in [0.15, 0.2) is 88.7 Å².